The number of carbonyl (C=O) groups excluding carboxylic acids is 1. The molecule has 1 saturated carbocycles. The molecule has 2 aromatic rings. The molecular weight excluding hydrogens is 317 g/mol. The van der Waals surface area contributed by atoms with E-state index in [1.807, 2.05) is 6.07 Å². The number of anilines is 1. The van der Waals surface area contributed by atoms with Crippen molar-refractivity contribution >= 4 is 11.6 Å². The molecule has 0 spiro atoms. The number of pyridine rings is 1. The Labute approximate surface area is 147 Å². The van der Waals surface area contributed by atoms with Crippen molar-refractivity contribution in [3.63, 3.8) is 0 Å². The summed E-state index contributed by atoms with van der Waals surface area (Å²) < 4.78 is 13.6. The molecule has 1 aliphatic carbocycles. The van der Waals surface area contributed by atoms with Crippen molar-refractivity contribution in [2.75, 3.05) is 5.32 Å². The van der Waals surface area contributed by atoms with E-state index in [2.05, 4.69) is 15.6 Å². The van der Waals surface area contributed by atoms with Gasteiger partial charge in [0, 0.05) is 30.5 Å². The minimum absolute atomic E-state index is 0.159. The van der Waals surface area contributed by atoms with Crippen molar-refractivity contribution in [2.24, 2.45) is 0 Å². The smallest absolute Gasteiger partial charge is 0.253 e. The third-order valence-corrected chi connectivity index (χ3v) is 4.62. The van der Waals surface area contributed by atoms with E-state index in [-0.39, 0.29) is 18.3 Å². The Bertz CT molecular complexity index is 712. The minimum Gasteiger partial charge on any atom is -0.381 e. The van der Waals surface area contributed by atoms with Gasteiger partial charge in [0.15, 0.2) is 0 Å². The van der Waals surface area contributed by atoms with Crippen LogP contribution in [-0.4, -0.2) is 16.9 Å². The molecule has 0 saturated heterocycles. The van der Waals surface area contributed by atoms with Crippen molar-refractivity contribution in [1.82, 2.24) is 10.3 Å². The van der Waals surface area contributed by atoms with E-state index in [9.17, 15) is 9.18 Å². The lowest BCUT2D eigenvalue weighted by Crippen LogP contribution is -2.24. The second-order valence-electron chi connectivity index (χ2n) is 6.57. The average molecular weight is 341 g/mol. The summed E-state index contributed by atoms with van der Waals surface area (Å²) in [7, 11) is 0. The molecule has 1 aromatic heterocycles. The first-order valence-electron chi connectivity index (χ1n) is 8.95. The Kier molecular flexibility index (Phi) is 5.99. The summed E-state index contributed by atoms with van der Waals surface area (Å²) in [5, 5.41) is 6.25. The van der Waals surface area contributed by atoms with Crippen LogP contribution in [0.1, 0.15) is 54.4 Å². The van der Waals surface area contributed by atoms with Crippen LogP contribution in [0.4, 0.5) is 10.1 Å². The third-order valence-electron chi connectivity index (χ3n) is 4.62. The van der Waals surface area contributed by atoms with Crippen LogP contribution in [0, 0.1) is 5.82 Å². The number of amides is 1. The Balaban J connectivity index is 1.60. The number of nitrogens with one attached hydrogen (secondary N) is 2. The quantitative estimate of drug-likeness (QED) is 0.798. The second kappa shape index (κ2) is 8.60. The third kappa shape index (κ3) is 5.02. The maximum absolute atomic E-state index is 13.6. The van der Waals surface area contributed by atoms with Crippen molar-refractivity contribution in [1.29, 1.82) is 0 Å². The van der Waals surface area contributed by atoms with Gasteiger partial charge in [-0.3, -0.25) is 9.78 Å². The largest absolute Gasteiger partial charge is 0.381 e. The Hall–Kier alpha value is -2.43. The van der Waals surface area contributed by atoms with Crippen molar-refractivity contribution in [3.05, 3.63) is 59.7 Å². The lowest BCUT2D eigenvalue weighted by Gasteiger charge is -2.17. The van der Waals surface area contributed by atoms with E-state index < -0.39 is 0 Å². The fourth-order valence-electron chi connectivity index (χ4n) is 3.22. The van der Waals surface area contributed by atoms with Crippen LogP contribution in [-0.2, 0) is 6.54 Å². The van der Waals surface area contributed by atoms with Crippen molar-refractivity contribution in [2.45, 2.75) is 51.1 Å². The van der Waals surface area contributed by atoms with Crippen LogP contribution in [0.3, 0.4) is 0 Å². The normalized spacial score (nSPS) is 15.4. The summed E-state index contributed by atoms with van der Waals surface area (Å²) in [4.78, 5) is 16.5. The molecule has 3 rings (SSSR count). The Morgan fingerprint density at radius 3 is 2.64 bits per heavy atom. The first-order chi connectivity index (χ1) is 12.2. The number of carbonyl (C=O) groups is 1. The molecule has 0 unspecified atom stereocenters. The standard InChI is InChI=1S/C20H24FN3O/c21-19-10-6-5-7-15(19)13-23-20(25)16-11-18(14-22-12-16)24-17-8-3-1-2-4-9-17/h5-7,10-12,14,17,24H,1-4,8-9,13H2,(H,23,25). The van der Waals surface area contributed by atoms with E-state index in [0.29, 0.717) is 17.2 Å². The van der Waals surface area contributed by atoms with Gasteiger partial charge in [0.1, 0.15) is 5.82 Å². The van der Waals surface area contributed by atoms with Gasteiger partial charge in [-0.05, 0) is 25.0 Å². The highest BCUT2D eigenvalue weighted by atomic mass is 19.1. The molecule has 25 heavy (non-hydrogen) atoms. The number of aromatic nitrogens is 1. The number of rotatable bonds is 5. The molecule has 1 heterocycles. The fourth-order valence-corrected chi connectivity index (χ4v) is 3.22. The van der Waals surface area contributed by atoms with Gasteiger partial charge in [0.2, 0.25) is 0 Å². The topological polar surface area (TPSA) is 54.0 Å². The zero-order valence-electron chi connectivity index (χ0n) is 14.3. The van der Waals surface area contributed by atoms with Crippen LogP contribution in [0.25, 0.3) is 0 Å². The maximum Gasteiger partial charge on any atom is 0.253 e. The van der Waals surface area contributed by atoms with Gasteiger partial charge in [-0.25, -0.2) is 4.39 Å². The molecule has 1 aliphatic rings. The molecule has 0 bridgehead atoms. The molecular formula is C20H24FN3O. The van der Waals surface area contributed by atoms with Crippen molar-refractivity contribution in [3.8, 4) is 0 Å². The molecule has 4 nitrogen and oxygen atoms in total. The van der Waals surface area contributed by atoms with Gasteiger partial charge in [0.25, 0.3) is 5.91 Å². The second-order valence-corrected chi connectivity index (χ2v) is 6.57. The predicted molar refractivity (Wildman–Crippen MR) is 96.9 cm³/mol. The van der Waals surface area contributed by atoms with Gasteiger partial charge >= 0.3 is 0 Å². The van der Waals surface area contributed by atoms with Gasteiger partial charge in [-0.1, -0.05) is 43.9 Å². The lowest BCUT2D eigenvalue weighted by atomic mass is 10.1. The molecule has 2 N–H and O–H groups in total. The van der Waals surface area contributed by atoms with Crippen LogP contribution >= 0.6 is 0 Å². The van der Waals surface area contributed by atoms with E-state index in [4.69, 9.17) is 0 Å². The summed E-state index contributed by atoms with van der Waals surface area (Å²) in [5.41, 5.74) is 1.82. The number of benzene rings is 1. The van der Waals surface area contributed by atoms with Crippen LogP contribution in [0.5, 0.6) is 0 Å². The summed E-state index contributed by atoms with van der Waals surface area (Å²) in [6.45, 7) is 0.159. The number of hydrogen-bond acceptors (Lipinski definition) is 3. The first kappa shape index (κ1) is 17.4. The number of halogens is 1. The van der Waals surface area contributed by atoms with Gasteiger partial charge in [-0.15, -0.1) is 0 Å². The molecule has 0 aliphatic heterocycles. The SMILES string of the molecule is O=C(NCc1ccccc1F)c1cncc(NC2CCCCCC2)c1. The van der Waals surface area contributed by atoms with E-state index in [1.54, 1.807) is 24.4 Å². The van der Waals surface area contributed by atoms with Gasteiger partial charge < -0.3 is 10.6 Å². The number of hydrogen-bond donors (Lipinski definition) is 2. The summed E-state index contributed by atoms with van der Waals surface area (Å²) >= 11 is 0. The highest BCUT2D eigenvalue weighted by Gasteiger charge is 2.13. The maximum atomic E-state index is 13.6. The molecule has 1 amide bonds. The number of nitrogens with zero attached hydrogens (tertiary/aromatic N) is 1. The van der Waals surface area contributed by atoms with E-state index >= 15 is 0 Å². The first-order valence-corrected chi connectivity index (χ1v) is 8.95. The minimum atomic E-state index is -0.315. The summed E-state index contributed by atoms with van der Waals surface area (Å²) in [6, 6.07) is 8.70. The summed E-state index contributed by atoms with van der Waals surface area (Å²) in [6.07, 6.45) is 10.7. The lowest BCUT2D eigenvalue weighted by molar-refractivity contribution is 0.0950. The highest BCUT2D eigenvalue weighted by Crippen LogP contribution is 2.21. The molecule has 1 fully saturated rings. The zero-order chi connectivity index (χ0) is 17.5. The molecule has 1 aromatic carbocycles. The van der Waals surface area contributed by atoms with Crippen LogP contribution in [0.2, 0.25) is 0 Å². The average Bonchev–Trinajstić information content (AvgIpc) is 2.90. The van der Waals surface area contributed by atoms with Crippen molar-refractivity contribution < 1.29 is 9.18 Å². The molecule has 132 valence electrons. The molecule has 0 atom stereocenters. The fraction of sp³-hybridized carbons (Fsp3) is 0.400. The molecule has 0 radical (unpaired) electrons. The Morgan fingerprint density at radius 2 is 1.88 bits per heavy atom. The van der Waals surface area contributed by atoms with Crippen LogP contribution in [0.15, 0.2) is 42.7 Å². The highest BCUT2D eigenvalue weighted by molar-refractivity contribution is 5.94. The molecule has 5 heteroatoms. The monoisotopic (exact) mass is 341 g/mol. The van der Waals surface area contributed by atoms with Gasteiger partial charge in [-0.2, -0.15) is 0 Å². The van der Waals surface area contributed by atoms with Crippen LogP contribution < -0.4 is 10.6 Å². The van der Waals surface area contributed by atoms with Gasteiger partial charge in [0.05, 0.1) is 11.3 Å². The summed E-state index contributed by atoms with van der Waals surface area (Å²) in [5.74, 6) is -0.565. The zero-order valence-corrected chi connectivity index (χ0v) is 14.3. The van der Waals surface area contributed by atoms with E-state index in [1.165, 1.54) is 37.9 Å². The predicted octanol–water partition coefficient (Wildman–Crippen LogP) is 4.29. The van der Waals surface area contributed by atoms with E-state index in [0.717, 1.165) is 18.5 Å². The Morgan fingerprint density at radius 1 is 1.12 bits per heavy atom.